The van der Waals surface area contributed by atoms with Crippen molar-refractivity contribution in [2.24, 2.45) is 0 Å². The number of nitrogens with one attached hydrogen (secondary N) is 2. The highest BCUT2D eigenvalue weighted by Crippen LogP contribution is 2.35. The Bertz CT molecular complexity index is 1770. The van der Waals surface area contributed by atoms with Crippen molar-refractivity contribution < 1.29 is 22.3 Å². The lowest BCUT2D eigenvalue weighted by molar-refractivity contribution is 0.102. The molecule has 6 rings (SSSR count). The molecule has 1 heterocycles. The van der Waals surface area contributed by atoms with E-state index in [2.05, 4.69) is 10.0 Å². The first-order valence-electron chi connectivity index (χ1n) is 14.8. The molecule has 0 saturated carbocycles. The molecule has 4 aromatic rings. The third kappa shape index (κ3) is 6.13. The molecule has 1 aliphatic heterocycles. The van der Waals surface area contributed by atoms with Crippen molar-refractivity contribution in [2.45, 2.75) is 30.2 Å². The number of benzene rings is 4. The van der Waals surface area contributed by atoms with Crippen LogP contribution in [0.3, 0.4) is 0 Å². The summed E-state index contributed by atoms with van der Waals surface area (Å²) in [5.41, 5.74) is 3.89. The van der Waals surface area contributed by atoms with Crippen LogP contribution in [0.5, 0.6) is 5.75 Å². The van der Waals surface area contributed by atoms with E-state index < -0.39 is 15.9 Å². The lowest BCUT2D eigenvalue weighted by atomic mass is 9.88. The molecular weight excluding hydrogens is 579 g/mol. The van der Waals surface area contributed by atoms with Crippen LogP contribution in [0.25, 0.3) is 0 Å². The van der Waals surface area contributed by atoms with E-state index in [4.69, 9.17) is 4.74 Å². The molecule has 4 aromatic carbocycles. The number of para-hydroxylation sites is 2. The maximum absolute atomic E-state index is 14.5. The predicted octanol–water partition coefficient (Wildman–Crippen LogP) is 5.77. The third-order valence-electron chi connectivity index (χ3n) is 8.34. The molecule has 1 aliphatic carbocycles. The highest BCUT2D eigenvalue weighted by molar-refractivity contribution is 7.89. The van der Waals surface area contributed by atoms with Gasteiger partial charge in [-0.1, -0.05) is 48.5 Å². The lowest BCUT2D eigenvalue weighted by Gasteiger charge is -2.38. The van der Waals surface area contributed by atoms with Gasteiger partial charge in [-0.3, -0.25) is 4.79 Å². The molecule has 10 heteroatoms. The zero-order valence-corrected chi connectivity index (χ0v) is 25.3. The SMILES string of the molecule is COc1ccccc1C(=O)Nc1ccc(N2CCN(c3ccccc3F)CC2)c(S(=O)(=O)N[C@@H]2CCCc3ccccc32)c1. The number of sulfonamides is 1. The molecule has 1 saturated heterocycles. The minimum atomic E-state index is -4.03. The molecule has 0 aromatic heterocycles. The van der Waals surface area contributed by atoms with Gasteiger partial charge in [0.15, 0.2) is 0 Å². The van der Waals surface area contributed by atoms with Crippen LogP contribution in [0.4, 0.5) is 21.5 Å². The Kier molecular flexibility index (Phi) is 8.54. The van der Waals surface area contributed by atoms with E-state index in [0.717, 1.165) is 24.0 Å². The van der Waals surface area contributed by atoms with Gasteiger partial charge in [0.05, 0.1) is 24.0 Å². The number of aryl methyl sites for hydroxylation is 1. The zero-order valence-electron chi connectivity index (χ0n) is 24.5. The number of methoxy groups -OCH3 is 1. The van der Waals surface area contributed by atoms with Crippen LogP contribution < -0.4 is 24.6 Å². The average Bonchev–Trinajstić information content (AvgIpc) is 3.05. The van der Waals surface area contributed by atoms with E-state index in [1.165, 1.54) is 19.2 Å². The summed E-state index contributed by atoms with van der Waals surface area (Å²) in [4.78, 5) is 17.3. The molecule has 0 spiro atoms. The molecular formula is C34H35FN4O4S. The summed E-state index contributed by atoms with van der Waals surface area (Å²) in [7, 11) is -2.54. The summed E-state index contributed by atoms with van der Waals surface area (Å²) in [5, 5.41) is 2.85. The van der Waals surface area contributed by atoms with E-state index in [0.29, 0.717) is 61.0 Å². The van der Waals surface area contributed by atoms with Crippen molar-refractivity contribution in [3.63, 3.8) is 0 Å². The Labute approximate surface area is 257 Å². The highest BCUT2D eigenvalue weighted by Gasteiger charge is 2.30. The largest absolute Gasteiger partial charge is 0.496 e. The number of rotatable bonds is 8. The number of nitrogens with zero attached hydrogens (tertiary/aromatic N) is 2. The number of fused-ring (bicyclic) bond motifs is 1. The number of ether oxygens (including phenoxy) is 1. The van der Waals surface area contributed by atoms with E-state index in [1.807, 2.05) is 40.1 Å². The van der Waals surface area contributed by atoms with Crippen molar-refractivity contribution in [1.29, 1.82) is 0 Å². The minimum absolute atomic E-state index is 0.0812. The minimum Gasteiger partial charge on any atom is -0.496 e. The first kappa shape index (κ1) is 29.7. The summed E-state index contributed by atoms with van der Waals surface area (Å²) in [6.45, 7) is 2.04. The van der Waals surface area contributed by atoms with Gasteiger partial charge in [0.25, 0.3) is 5.91 Å². The summed E-state index contributed by atoms with van der Waals surface area (Å²) in [6, 6.07) is 26.1. The lowest BCUT2D eigenvalue weighted by Crippen LogP contribution is -2.47. The van der Waals surface area contributed by atoms with Crippen LogP contribution in [0.15, 0.2) is 95.9 Å². The number of halogens is 1. The van der Waals surface area contributed by atoms with Crippen LogP contribution in [0, 0.1) is 5.82 Å². The Balaban J connectivity index is 1.31. The fraction of sp³-hybridized carbons (Fsp3) is 0.265. The van der Waals surface area contributed by atoms with Crippen molar-refractivity contribution in [3.8, 4) is 5.75 Å². The van der Waals surface area contributed by atoms with Gasteiger partial charge in [0.2, 0.25) is 10.0 Å². The maximum Gasteiger partial charge on any atom is 0.259 e. The van der Waals surface area contributed by atoms with Crippen molar-refractivity contribution in [1.82, 2.24) is 4.72 Å². The number of anilines is 3. The molecule has 8 nitrogen and oxygen atoms in total. The van der Waals surface area contributed by atoms with Gasteiger partial charge in [-0.15, -0.1) is 0 Å². The monoisotopic (exact) mass is 614 g/mol. The van der Waals surface area contributed by atoms with Crippen molar-refractivity contribution >= 4 is 33.0 Å². The third-order valence-corrected chi connectivity index (χ3v) is 9.84. The van der Waals surface area contributed by atoms with Crippen LogP contribution >= 0.6 is 0 Å². The van der Waals surface area contributed by atoms with Crippen LogP contribution in [-0.4, -0.2) is 47.6 Å². The fourth-order valence-electron chi connectivity index (χ4n) is 6.12. The highest BCUT2D eigenvalue weighted by atomic mass is 32.2. The Morgan fingerprint density at radius 3 is 2.32 bits per heavy atom. The predicted molar refractivity (Wildman–Crippen MR) is 171 cm³/mol. The molecule has 0 bridgehead atoms. The summed E-state index contributed by atoms with van der Waals surface area (Å²) in [5.74, 6) is -0.276. The summed E-state index contributed by atoms with van der Waals surface area (Å²) in [6.07, 6.45) is 2.48. The fourth-order valence-corrected chi connectivity index (χ4v) is 7.62. The van der Waals surface area contributed by atoms with Crippen LogP contribution in [0.2, 0.25) is 0 Å². The van der Waals surface area contributed by atoms with Gasteiger partial charge in [-0.25, -0.2) is 17.5 Å². The van der Waals surface area contributed by atoms with E-state index in [9.17, 15) is 17.6 Å². The zero-order chi connectivity index (χ0) is 30.7. The number of hydrogen-bond acceptors (Lipinski definition) is 6. The maximum atomic E-state index is 14.5. The second-order valence-electron chi connectivity index (χ2n) is 11.0. The van der Waals surface area contributed by atoms with Gasteiger partial charge in [0.1, 0.15) is 16.5 Å². The molecule has 0 radical (unpaired) electrons. The normalized spacial score (nSPS) is 16.7. The van der Waals surface area contributed by atoms with Crippen LogP contribution in [-0.2, 0) is 16.4 Å². The van der Waals surface area contributed by atoms with E-state index in [1.54, 1.807) is 48.5 Å². The topological polar surface area (TPSA) is 91.0 Å². The Hall–Kier alpha value is -4.41. The average molecular weight is 615 g/mol. The molecule has 1 fully saturated rings. The molecule has 44 heavy (non-hydrogen) atoms. The second kappa shape index (κ2) is 12.7. The van der Waals surface area contributed by atoms with Gasteiger partial charge in [-0.05, 0) is 72.9 Å². The first-order chi connectivity index (χ1) is 21.3. The van der Waals surface area contributed by atoms with E-state index >= 15 is 0 Å². The standard InChI is InChI=1S/C34H35FN4O4S/c1-43-32-16-7-4-12-27(32)34(40)36-25-17-18-31(39-21-19-38(20-22-39)30-15-6-5-13-28(30)35)33(23-25)44(41,42)37-29-14-8-10-24-9-2-3-11-26(24)29/h2-7,9,11-13,15-18,23,29,37H,8,10,14,19-22H2,1H3,(H,36,40)/t29-/m1/s1. The smallest absolute Gasteiger partial charge is 0.259 e. The number of piperazine rings is 1. The number of hydrogen-bond donors (Lipinski definition) is 2. The quantitative estimate of drug-likeness (QED) is 0.262. The van der Waals surface area contributed by atoms with E-state index in [-0.39, 0.29) is 16.8 Å². The Morgan fingerprint density at radius 2 is 1.55 bits per heavy atom. The van der Waals surface area contributed by atoms with Gasteiger partial charge >= 0.3 is 0 Å². The Morgan fingerprint density at radius 1 is 0.864 bits per heavy atom. The number of carbonyl (C=O) groups excluding carboxylic acids is 1. The van der Waals surface area contributed by atoms with Gasteiger partial charge in [-0.2, -0.15) is 0 Å². The number of amides is 1. The summed E-state index contributed by atoms with van der Waals surface area (Å²) >= 11 is 0. The molecule has 2 N–H and O–H groups in total. The van der Waals surface area contributed by atoms with Crippen LogP contribution in [0.1, 0.15) is 40.4 Å². The molecule has 0 unspecified atom stereocenters. The van der Waals surface area contributed by atoms with Crippen molar-refractivity contribution in [3.05, 3.63) is 114 Å². The molecule has 1 atom stereocenters. The molecule has 2 aliphatic rings. The summed E-state index contributed by atoms with van der Waals surface area (Å²) < 4.78 is 51.2. The van der Waals surface area contributed by atoms with Crippen molar-refractivity contribution in [2.75, 3.05) is 48.4 Å². The number of carbonyl (C=O) groups is 1. The second-order valence-corrected chi connectivity index (χ2v) is 12.7. The molecule has 1 amide bonds. The van der Waals surface area contributed by atoms with Gasteiger partial charge < -0.3 is 19.9 Å². The van der Waals surface area contributed by atoms with Gasteiger partial charge in [0, 0.05) is 37.9 Å². The first-order valence-corrected chi connectivity index (χ1v) is 16.3. The molecule has 228 valence electrons.